The van der Waals surface area contributed by atoms with E-state index in [4.69, 9.17) is 37.8 Å². The molecule has 3 aromatic rings. The van der Waals surface area contributed by atoms with Crippen LogP contribution < -0.4 is 10.1 Å². The molecule has 6 atom stereocenters. The summed E-state index contributed by atoms with van der Waals surface area (Å²) in [5, 5.41) is 63.4. The topological polar surface area (TPSA) is 182 Å². The molecule has 7 N–H and O–H groups in total. The number of aliphatic hydroxyl groups excluding tert-OH is 6. The van der Waals surface area contributed by atoms with E-state index in [0.717, 1.165) is 59.3 Å². The second-order valence-electron chi connectivity index (χ2n) is 14.0. The van der Waals surface area contributed by atoms with E-state index < -0.39 is 54.6 Å². The van der Waals surface area contributed by atoms with Crippen LogP contribution in [0.2, 0.25) is 10.0 Å². The van der Waals surface area contributed by atoms with Crippen LogP contribution in [0.1, 0.15) is 75.0 Å². The molecule has 1 amide bonds. The molecule has 2 saturated carbocycles. The Kier molecular flexibility index (Phi) is 14.3. The number of aromatic nitrogens is 1. The first-order valence-corrected chi connectivity index (χ1v) is 18.8. The summed E-state index contributed by atoms with van der Waals surface area (Å²) in [5.74, 6) is -0.378. The van der Waals surface area contributed by atoms with Gasteiger partial charge < -0.3 is 45.4 Å². The van der Waals surface area contributed by atoms with E-state index in [0.29, 0.717) is 29.3 Å². The van der Waals surface area contributed by atoms with Gasteiger partial charge in [-0.25, -0.2) is 0 Å². The van der Waals surface area contributed by atoms with Crippen molar-refractivity contribution in [2.45, 2.75) is 114 Å². The number of benzene rings is 2. The van der Waals surface area contributed by atoms with Crippen LogP contribution in [0.3, 0.4) is 0 Å². The maximum Gasteiger partial charge on any atom is 0.223 e. The molecule has 2 aromatic carbocycles. The Morgan fingerprint density at radius 2 is 1.67 bits per heavy atom. The summed E-state index contributed by atoms with van der Waals surface area (Å²) in [5.41, 5.74) is 4.02. The van der Waals surface area contributed by atoms with Crippen LogP contribution in [0.4, 0.5) is 0 Å². The minimum absolute atomic E-state index is 0.0206. The van der Waals surface area contributed by atoms with Gasteiger partial charge in [0.05, 0.1) is 37.1 Å². The van der Waals surface area contributed by atoms with Crippen molar-refractivity contribution < 1.29 is 44.9 Å². The van der Waals surface area contributed by atoms with Gasteiger partial charge in [-0.2, -0.15) is 0 Å². The highest BCUT2D eigenvalue weighted by Gasteiger charge is 2.48. The fourth-order valence-corrected chi connectivity index (χ4v) is 6.82. The van der Waals surface area contributed by atoms with Crippen LogP contribution in [-0.4, -0.2) is 91.3 Å². The number of hydrogen-bond donors (Lipinski definition) is 7. The molecule has 2 aliphatic rings. The Hall–Kier alpha value is -2.84. The lowest BCUT2D eigenvalue weighted by Gasteiger charge is -2.28. The summed E-state index contributed by atoms with van der Waals surface area (Å²) in [6.45, 7) is 1.22. The Morgan fingerprint density at radius 1 is 0.981 bits per heavy atom. The quantitative estimate of drug-likeness (QED) is 0.0820. The third kappa shape index (κ3) is 10.4. The zero-order chi connectivity index (χ0) is 37.4. The number of ether oxygens (including phenoxy) is 2. The summed E-state index contributed by atoms with van der Waals surface area (Å²) >= 11 is 13.5. The highest BCUT2D eigenvalue weighted by Crippen LogP contribution is 2.53. The van der Waals surface area contributed by atoms with E-state index in [1.165, 1.54) is 0 Å². The molecular weight excluding hydrogens is 711 g/mol. The van der Waals surface area contributed by atoms with Gasteiger partial charge in [-0.15, -0.1) is 0 Å². The molecule has 0 spiro atoms. The SMILES string of the molecule is CC[C@@H](O)CNC(=O)C(CCCc1cc(Cl)c(COC2(c3cnccc3-c3ccccc3OC3CC3)CC2)cc1Cl)C[C@H](O)[C@@H](O)[C@H](O)[C@H](O)CO. The summed E-state index contributed by atoms with van der Waals surface area (Å²) in [7, 11) is 0. The van der Waals surface area contributed by atoms with Crippen molar-refractivity contribution in [3.05, 3.63) is 81.6 Å². The van der Waals surface area contributed by atoms with Gasteiger partial charge in [0.1, 0.15) is 24.1 Å². The molecule has 2 aliphatic carbocycles. The minimum Gasteiger partial charge on any atom is -0.490 e. The number of para-hydroxylation sites is 1. The van der Waals surface area contributed by atoms with Crippen molar-refractivity contribution in [2.24, 2.45) is 5.92 Å². The second-order valence-corrected chi connectivity index (χ2v) is 14.8. The number of halogens is 2. The molecular formula is C39H50Cl2N2O9. The van der Waals surface area contributed by atoms with Crippen molar-refractivity contribution in [3.8, 4) is 16.9 Å². The van der Waals surface area contributed by atoms with Crippen LogP contribution in [0.5, 0.6) is 5.75 Å². The molecule has 0 aliphatic heterocycles. The van der Waals surface area contributed by atoms with Gasteiger partial charge in [0.25, 0.3) is 0 Å². The Bertz CT molecular complexity index is 1640. The first-order valence-electron chi connectivity index (χ1n) is 18.1. The van der Waals surface area contributed by atoms with Crippen molar-refractivity contribution in [1.82, 2.24) is 10.3 Å². The van der Waals surface area contributed by atoms with E-state index >= 15 is 0 Å². The molecule has 11 nitrogen and oxygen atoms in total. The van der Waals surface area contributed by atoms with Crippen LogP contribution >= 0.6 is 23.2 Å². The normalized spacial score (nSPS) is 18.6. The van der Waals surface area contributed by atoms with Gasteiger partial charge in [-0.1, -0.05) is 48.3 Å². The van der Waals surface area contributed by atoms with E-state index in [9.17, 15) is 30.3 Å². The summed E-state index contributed by atoms with van der Waals surface area (Å²) in [6.07, 6.45) is 1.55. The smallest absolute Gasteiger partial charge is 0.223 e. The van der Waals surface area contributed by atoms with E-state index in [1.807, 2.05) is 30.5 Å². The maximum absolute atomic E-state index is 13.1. The number of amides is 1. The highest BCUT2D eigenvalue weighted by molar-refractivity contribution is 6.34. The maximum atomic E-state index is 13.1. The number of aliphatic hydroxyl groups is 6. The zero-order valence-electron chi connectivity index (χ0n) is 29.3. The molecule has 1 heterocycles. The third-order valence-electron chi connectivity index (χ3n) is 9.93. The number of aryl methyl sites for hydroxylation is 1. The molecule has 1 aromatic heterocycles. The first kappa shape index (κ1) is 40.3. The molecule has 0 radical (unpaired) electrons. The van der Waals surface area contributed by atoms with E-state index in [2.05, 4.69) is 16.4 Å². The van der Waals surface area contributed by atoms with Crippen molar-refractivity contribution >= 4 is 29.1 Å². The average molecular weight is 762 g/mol. The van der Waals surface area contributed by atoms with Gasteiger partial charge in [-0.3, -0.25) is 9.78 Å². The van der Waals surface area contributed by atoms with Gasteiger partial charge in [0, 0.05) is 46.0 Å². The summed E-state index contributed by atoms with van der Waals surface area (Å²) in [4.78, 5) is 17.5. The average Bonchev–Trinajstić information content (AvgIpc) is 4.10. The fourth-order valence-electron chi connectivity index (χ4n) is 6.30. The lowest BCUT2D eigenvalue weighted by atomic mass is 9.89. The van der Waals surface area contributed by atoms with Gasteiger partial charge >= 0.3 is 0 Å². The molecule has 1 unspecified atom stereocenters. The summed E-state index contributed by atoms with van der Waals surface area (Å²) in [6, 6.07) is 13.6. The summed E-state index contributed by atoms with van der Waals surface area (Å²) < 4.78 is 12.8. The van der Waals surface area contributed by atoms with Crippen LogP contribution in [0.25, 0.3) is 11.1 Å². The molecule has 0 bridgehead atoms. The molecule has 0 saturated heterocycles. The van der Waals surface area contributed by atoms with Crippen LogP contribution in [-0.2, 0) is 28.2 Å². The number of carbonyl (C=O) groups is 1. The second kappa shape index (κ2) is 18.5. The van der Waals surface area contributed by atoms with Crippen LogP contribution in [0.15, 0.2) is 54.9 Å². The van der Waals surface area contributed by atoms with Gasteiger partial charge in [0.15, 0.2) is 0 Å². The molecule has 2 fully saturated rings. The van der Waals surface area contributed by atoms with Crippen molar-refractivity contribution in [1.29, 1.82) is 0 Å². The monoisotopic (exact) mass is 760 g/mol. The van der Waals surface area contributed by atoms with Crippen molar-refractivity contribution in [3.63, 3.8) is 0 Å². The highest BCUT2D eigenvalue weighted by atomic mass is 35.5. The van der Waals surface area contributed by atoms with Crippen molar-refractivity contribution in [2.75, 3.05) is 13.2 Å². The number of nitrogens with one attached hydrogen (secondary N) is 1. The van der Waals surface area contributed by atoms with Gasteiger partial charge in [-0.05, 0) is 98.7 Å². The fraction of sp³-hybridized carbons (Fsp3) is 0.538. The van der Waals surface area contributed by atoms with Crippen LogP contribution in [0, 0.1) is 5.92 Å². The largest absolute Gasteiger partial charge is 0.490 e. The number of rotatable bonds is 21. The number of hydrogen-bond acceptors (Lipinski definition) is 10. The third-order valence-corrected chi connectivity index (χ3v) is 10.6. The molecule has 284 valence electrons. The Morgan fingerprint density at radius 3 is 2.37 bits per heavy atom. The lowest BCUT2D eigenvalue weighted by molar-refractivity contribution is -0.133. The molecule has 5 rings (SSSR count). The number of nitrogens with zero attached hydrogens (tertiary/aromatic N) is 1. The predicted octanol–water partition coefficient (Wildman–Crippen LogP) is 4.45. The molecule has 13 heteroatoms. The zero-order valence-corrected chi connectivity index (χ0v) is 30.8. The standard InChI is InChI=1S/C39H50Cl2N2O9/c1-2-26(45)19-43-38(50)24(18-33(46)36(48)37(49)34(47)21-44)7-5-6-23-16-32(41)25(17-31(23)40)22-51-39(13-14-39)30-20-42-15-12-28(30)29-8-3-4-9-35(29)52-27-10-11-27/h3-4,8-9,12,15-17,20,24,26-27,33-34,36-37,44-49H,2,5-7,10-11,13-14,18-19,21-22H2,1H3,(H,43,50)/t24?,26-,33+,34-,36-,37-/m1/s1. The number of pyridine rings is 1. The number of carbonyl (C=O) groups excluding carboxylic acids is 1. The predicted molar refractivity (Wildman–Crippen MR) is 197 cm³/mol. The van der Waals surface area contributed by atoms with E-state index in [-0.39, 0.29) is 32.1 Å². The lowest BCUT2D eigenvalue weighted by Crippen LogP contribution is -2.47. The first-order chi connectivity index (χ1) is 25.0. The molecule has 52 heavy (non-hydrogen) atoms. The Balaban J connectivity index is 1.22. The Labute approximate surface area is 314 Å². The minimum atomic E-state index is -1.81. The van der Waals surface area contributed by atoms with E-state index in [1.54, 1.807) is 25.3 Å². The van der Waals surface area contributed by atoms with Gasteiger partial charge in [0.2, 0.25) is 5.91 Å².